The van der Waals surface area contributed by atoms with E-state index in [2.05, 4.69) is 55.8 Å². The van der Waals surface area contributed by atoms with Crippen LogP contribution in [0.2, 0.25) is 5.15 Å². The van der Waals surface area contributed by atoms with Crippen LogP contribution in [0.15, 0.2) is 36.4 Å². The summed E-state index contributed by atoms with van der Waals surface area (Å²) in [4.78, 5) is 11.3. The topological polar surface area (TPSA) is 53.1 Å². The first kappa shape index (κ1) is 21.3. The summed E-state index contributed by atoms with van der Waals surface area (Å²) >= 11 is 11.9. The summed E-state index contributed by atoms with van der Waals surface area (Å²) in [5, 5.41) is 7.56. The van der Waals surface area contributed by atoms with Gasteiger partial charge in [0, 0.05) is 31.1 Å². The zero-order valence-corrected chi connectivity index (χ0v) is 18.9. The van der Waals surface area contributed by atoms with E-state index in [1.807, 2.05) is 6.07 Å². The number of nitrogens with zero attached hydrogens (tertiary/aromatic N) is 3. The van der Waals surface area contributed by atoms with Crippen LogP contribution in [-0.2, 0) is 5.41 Å². The fourth-order valence-electron chi connectivity index (χ4n) is 4.73. The predicted molar refractivity (Wildman–Crippen MR) is 129 cm³/mol. The summed E-state index contributed by atoms with van der Waals surface area (Å²) in [6.45, 7) is 2.83. The van der Waals surface area contributed by atoms with Gasteiger partial charge in [0.15, 0.2) is 5.11 Å². The first-order chi connectivity index (χ1) is 14.6. The smallest absolute Gasteiger partial charge is 0.232 e. The van der Waals surface area contributed by atoms with E-state index in [1.165, 1.54) is 56.9 Å². The van der Waals surface area contributed by atoms with E-state index >= 15 is 0 Å². The lowest BCUT2D eigenvalue weighted by Crippen LogP contribution is -2.41. The molecule has 2 aromatic rings. The molecular weight excluding hydrogens is 414 g/mol. The van der Waals surface area contributed by atoms with Gasteiger partial charge >= 0.3 is 0 Å². The second-order valence-electron chi connectivity index (χ2n) is 8.43. The lowest BCUT2D eigenvalue weighted by molar-refractivity contribution is 0.435. The Morgan fingerprint density at radius 1 is 1.00 bits per heavy atom. The summed E-state index contributed by atoms with van der Waals surface area (Å²) < 4.78 is 0. The monoisotopic (exact) mass is 443 g/mol. The second kappa shape index (κ2) is 9.92. The number of hydrogen-bond donors (Lipinski definition) is 2. The van der Waals surface area contributed by atoms with Gasteiger partial charge in [-0.15, -0.1) is 0 Å². The highest BCUT2D eigenvalue weighted by Crippen LogP contribution is 2.40. The molecule has 1 aromatic heterocycles. The van der Waals surface area contributed by atoms with Crippen LogP contribution in [0.3, 0.4) is 0 Å². The van der Waals surface area contributed by atoms with E-state index in [0.29, 0.717) is 16.2 Å². The zero-order chi connectivity index (χ0) is 20.8. The minimum Gasteiger partial charge on any atom is -0.361 e. The van der Waals surface area contributed by atoms with Crippen molar-refractivity contribution in [1.82, 2.24) is 15.3 Å². The minimum atomic E-state index is 0.138. The highest BCUT2D eigenvalue weighted by Gasteiger charge is 2.35. The van der Waals surface area contributed by atoms with Gasteiger partial charge < -0.3 is 15.5 Å². The molecule has 0 amide bonds. The van der Waals surface area contributed by atoms with E-state index < -0.39 is 0 Å². The third kappa shape index (κ3) is 5.22. The van der Waals surface area contributed by atoms with Crippen molar-refractivity contribution >= 4 is 40.7 Å². The molecule has 2 N–H and O–H groups in total. The maximum absolute atomic E-state index is 6.29. The normalized spacial score (nSPS) is 18.6. The molecule has 1 saturated carbocycles. The second-order valence-corrected chi connectivity index (χ2v) is 9.23. The predicted octanol–water partition coefficient (Wildman–Crippen LogP) is 5.31. The van der Waals surface area contributed by atoms with Crippen LogP contribution >= 0.6 is 23.8 Å². The molecule has 1 saturated heterocycles. The van der Waals surface area contributed by atoms with E-state index in [1.54, 1.807) is 0 Å². The van der Waals surface area contributed by atoms with Gasteiger partial charge in [0.05, 0.1) is 0 Å². The molecule has 0 atom stereocenters. The fourth-order valence-corrected chi connectivity index (χ4v) is 5.07. The molecule has 2 fully saturated rings. The van der Waals surface area contributed by atoms with Gasteiger partial charge in [-0.2, -0.15) is 4.98 Å². The molecule has 5 nitrogen and oxygen atoms in total. The molecule has 2 aliphatic rings. The minimum absolute atomic E-state index is 0.138. The van der Waals surface area contributed by atoms with Gasteiger partial charge in [0.1, 0.15) is 11.0 Å². The zero-order valence-electron chi connectivity index (χ0n) is 17.4. The van der Waals surface area contributed by atoms with Gasteiger partial charge in [0.2, 0.25) is 5.95 Å². The Balaban J connectivity index is 1.41. The Morgan fingerprint density at radius 2 is 1.70 bits per heavy atom. The van der Waals surface area contributed by atoms with Crippen LogP contribution in [0.1, 0.15) is 56.9 Å². The maximum Gasteiger partial charge on any atom is 0.232 e. The van der Waals surface area contributed by atoms with E-state index in [0.717, 1.165) is 25.5 Å². The molecule has 1 aliphatic heterocycles. The molecule has 30 heavy (non-hydrogen) atoms. The molecule has 0 spiro atoms. The molecule has 1 aromatic carbocycles. The summed E-state index contributed by atoms with van der Waals surface area (Å²) in [6.07, 6.45) is 9.80. The maximum atomic E-state index is 6.29. The molecule has 0 bridgehead atoms. The summed E-state index contributed by atoms with van der Waals surface area (Å²) in [5.74, 6) is 1.33. The average molecular weight is 444 g/mol. The van der Waals surface area contributed by atoms with Crippen molar-refractivity contribution in [2.24, 2.45) is 0 Å². The lowest BCUT2D eigenvalue weighted by atomic mass is 9.79. The van der Waals surface area contributed by atoms with Gasteiger partial charge in [-0.1, -0.05) is 67.6 Å². The molecule has 4 rings (SSSR count). The summed E-state index contributed by atoms with van der Waals surface area (Å²) in [5.41, 5.74) is 1.53. The Labute approximate surface area is 189 Å². The quantitative estimate of drug-likeness (QED) is 0.482. The van der Waals surface area contributed by atoms with Crippen molar-refractivity contribution in [3.63, 3.8) is 0 Å². The van der Waals surface area contributed by atoms with Crippen LogP contribution in [0, 0.1) is 0 Å². The SMILES string of the molecule is S=C(NCC1(c2ccccc2)CCCC1)Nc1nc(Cl)cc(N2CCCCCC2)n1. The van der Waals surface area contributed by atoms with E-state index in [-0.39, 0.29) is 5.41 Å². The lowest BCUT2D eigenvalue weighted by Gasteiger charge is -2.30. The number of hydrogen-bond acceptors (Lipinski definition) is 4. The Morgan fingerprint density at radius 3 is 2.40 bits per heavy atom. The number of nitrogens with one attached hydrogen (secondary N) is 2. The number of thiocarbonyl (C=S) groups is 1. The Bertz CT molecular complexity index is 846. The van der Waals surface area contributed by atoms with Gasteiger partial charge in [0.25, 0.3) is 0 Å². The van der Waals surface area contributed by atoms with Crippen molar-refractivity contribution in [2.75, 3.05) is 29.9 Å². The van der Waals surface area contributed by atoms with Gasteiger partial charge in [-0.25, -0.2) is 4.98 Å². The average Bonchev–Trinajstić information content (AvgIpc) is 3.07. The van der Waals surface area contributed by atoms with Crippen LogP contribution in [0.4, 0.5) is 11.8 Å². The number of halogens is 1. The Hall–Kier alpha value is -1.92. The van der Waals surface area contributed by atoms with Crippen LogP contribution < -0.4 is 15.5 Å². The molecule has 2 heterocycles. The third-order valence-electron chi connectivity index (χ3n) is 6.37. The molecule has 1 aliphatic carbocycles. The standard InChI is InChI=1S/C23H30ClN5S/c24-19-16-20(29-14-8-1-2-9-15-29)27-21(26-19)28-22(30)25-17-23(12-6-7-13-23)18-10-4-3-5-11-18/h3-5,10-11,16H,1-2,6-9,12-15,17H2,(H2,25,26,27,28,30). The number of aromatic nitrogens is 2. The van der Waals surface area contributed by atoms with Crippen molar-refractivity contribution in [2.45, 2.75) is 56.8 Å². The fraction of sp³-hybridized carbons (Fsp3) is 0.522. The highest BCUT2D eigenvalue weighted by atomic mass is 35.5. The number of rotatable bonds is 5. The van der Waals surface area contributed by atoms with Crippen molar-refractivity contribution < 1.29 is 0 Å². The molecule has 7 heteroatoms. The Kier molecular flexibility index (Phi) is 7.05. The van der Waals surface area contributed by atoms with Crippen LogP contribution in [0.25, 0.3) is 0 Å². The number of benzene rings is 1. The summed E-state index contributed by atoms with van der Waals surface area (Å²) in [6, 6.07) is 12.6. The molecule has 0 unspecified atom stereocenters. The first-order valence-corrected chi connectivity index (χ1v) is 11.8. The van der Waals surface area contributed by atoms with E-state index in [9.17, 15) is 0 Å². The van der Waals surface area contributed by atoms with E-state index in [4.69, 9.17) is 23.8 Å². The third-order valence-corrected chi connectivity index (χ3v) is 6.81. The summed E-state index contributed by atoms with van der Waals surface area (Å²) in [7, 11) is 0. The highest BCUT2D eigenvalue weighted by molar-refractivity contribution is 7.80. The molecule has 0 radical (unpaired) electrons. The van der Waals surface area contributed by atoms with Crippen LogP contribution in [-0.4, -0.2) is 34.7 Å². The van der Waals surface area contributed by atoms with Crippen LogP contribution in [0.5, 0.6) is 0 Å². The van der Waals surface area contributed by atoms with Crippen molar-refractivity contribution in [1.29, 1.82) is 0 Å². The molecule has 160 valence electrons. The van der Waals surface area contributed by atoms with Gasteiger partial charge in [-0.3, -0.25) is 0 Å². The largest absolute Gasteiger partial charge is 0.361 e. The van der Waals surface area contributed by atoms with Crippen molar-refractivity contribution in [3.8, 4) is 0 Å². The number of anilines is 2. The van der Waals surface area contributed by atoms with Gasteiger partial charge in [-0.05, 0) is 43.5 Å². The molecular formula is C23H30ClN5S. The first-order valence-electron chi connectivity index (χ1n) is 11.0. The van der Waals surface area contributed by atoms with Crippen molar-refractivity contribution in [3.05, 3.63) is 47.1 Å².